The number of benzene rings is 3. The number of piperazine rings is 1. The molecule has 0 aliphatic carbocycles. The van der Waals surface area contributed by atoms with E-state index in [-0.39, 0.29) is 25.3 Å². The largest absolute Gasteiger partial charge is 0.491 e. The van der Waals surface area contributed by atoms with Crippen molar-refractivity contribution in [3.05, 3.63) is 93.5 Å². The minimum Gasteiger partial charge on any atom is -0.491 e. The van der Waals surface area contributed by atoms with Crippen LogP contribution in [0, 0.1) is 11.3 Å². The first-order valence-corrected chi connectivity index (χ1v) is 13.0. The van der Waals surface area contributed by atoms with Crippen LogP contribution in [0.4, 0.5) is 5.69 Å². The molecule has 0 saturated carbocycles. The van der Waals surface area contributed by atoms with Crippen molar-refractivity contribution in [2.24, 2.45) is 0 Å². The maximum atomic E-state index is 11.4. The topological polar surface area (TPSA) is 80.0 Å². The highest BCUT2D eigenvalue weighted by Crippen LogP contribution is 2.39. The third kappa shape index (κ3) is 6.38. The summed E-state index contributed by atoms with van der Waals surface area (Å²) in [5, 5.41) is 30.8. The fourth-order valence-corrected chi connectivity index (χ4v) is 5.25. The molecule has 0 unspecified atom stereocenters. The van der Waals surface area contributed by atoms with Crippen LogP contribution in [0.25, 0.3) is 0 Å². The summed E-state index contributed by atoms with van der Waals surface area (Å²) in [4.78, 5) is 4.58. The van der Waals surface area contributed by atoms with E-state index in [2.05, 4.69) is 22.8 Å². The van der Waals surface area contributed by atoms with E-state index in [4.69, 9.17) is 38.3 Å². The van der Waals surface area contributed by atoms with Crippen molar-refractivity contribution in [3.63, 3.8) is 0 Å². The standard InChI is InChI=1S/C29H31Cl2N3O3/c1-20-17-34(27-12-11-25(15-26(27)31)37-14-13-35)28(22-5-9-24(30)10-6-22)18-33(20)19-29(2,36)23-7-3-21(16-32)4-8-23/h3-12,15,20,28,35-36H,13-14,17-19H2,1-2H3/t20-,28+,29-/m1/s1. The predicted molar refractivity (Wildman–Crippen MR) is 147 cm³/mol. The van der Waals surface area contributed by atoms with Gasteiger partial charge in [0.1, 0.15) is 12.4 Å². The van der Waals surface area contributed by atoms with E-state index in [0.717, 1.165) is 16.8 Å². The first-order chi connectivity index (χ1) is 17.7. The SMILES string of the molecule is C[C@@H]1CN(c2ccc(OCCO)cc2Cl)[C@H](c2ccc(Cl)cc2)CN1C[C@@](C)(O)c1ccc(C#N)cc1. The normalized spacial score (nSPS) is 19.8. The fourth-order valence-electron chi connectivity index (χ4n) is 4.85. The number of hydrogen-bond donors (Lipinski definition) is 2. The van der Waals surface area contributed by atoms with E-state index >= 15 is 0 Å². The van der Waals surface area contributed by atoms with Crippen LogP contribution in [0.2, 0.25) is 10.0 Å². The summed E-state index contributed by atoms with van der Waals surface area (Å²) in [7, 11) is 0. The molecule has 0 aromatic heterocycles. The average Bonchev–Trinajstić information content (AvgIpc) is 2.89. The van der Waals surface area contributed by atoms with E-state index in [1.807, 2.05) is 55.5 Å². The molecule has 3 atom stereocenters. The first-order valence-electron chi connectivity index (χ1n) is 12.2. The number of anilines is 1. The van der Waals surface area contributed by atoms with Gasteiger partial charge in [0.2, 0.25) is 0 Å². The number of nitriles is 1. The molecule has 1 heterocycles. The maximum Gasteiger partial charge on any atom is 0.121 e. The Balaban J connectivity index is 1.63. The molecule has 3 aromatic carbocycles. The zero-order chi connectivity index (χ0) is 26.6. The maximum absolute atomic E-state index is 11.4. The van der Waals surface area contributed by atoms with E-state index in [9.17, 15) is 5.11 Å². The molecule has 6 nitrogen and oxygen atoms in total. The zero-order valence-corrected chi connectivity index (χ0v) is 22.5. The lowest BCUT2D eigenvalue weighted by Gasteiger charge is -2.48. The molecular weight excluding hydrogens is 509 g/mol. The number of ether oxygens (including phenoxy) is 1. The molecule has 2 N–H and O–H groups in total. The van der Waals surface area contributed by atoms with Crippen LogP contribution in [0.5, 0.6) is 5.75 Å². The molecule has 37 heavy (non-hydrogen) atoms. The van der Waals surface area contributed by atoms with Crippen molar-refractivity contribution in [1.29, 1.82) is 5.26 Å². The van der Waals surface area contributed by atoms with Gasteiger partial charge in [-0.2, -0.15) is 5.26 Å². The van der Waals surface area contributed by atoms with Gasteiger partial charge in [0.15, 0.2) is 0 Å². The highest BCUT2D eigenvalue weighted by molar-refractivity contribution is 6.33. The molecule has 1 aliphatic rings. The second kappa shape index (κ2) is 11.7. The molecule has 4 rings (SSSR count). The summed E-state index contributed by atoms with van der Waals surface area (Å²) in [6.45, 7) is 5.88. The van der Waals surface area contributed by atoms with E-state index in [0.29, 0.717) is 41.0 Å². The Bertz CT molecular complexity index is 1240. The first kappa shape index (κ1) is 27.3. The van der Waals surface area contributed by atoms with Gasteiger partial charge >= 0.3 is 0 Å². The third-order valence-corrected chi connectivity index (χ3v) is 7.41. The predicted octanol–water partition coefficient (Wildman–Crippen LogP) is 5.40. The Labute approximate surface area is 228 Å². The lowest BCUT2D eigenvalue weighted by molar-refractivity contribution is -0.00368. The van der Waals surface area contributed by atoms with Crippen LogP contribution in [-0.4, -0.2) is 54.0 Å². The highest BCUT2D eigenvalue weighted by atomic mass is 35.5. The summed E-state index contributed by atoms with van der Waals surface area (Å²) in [6, 6.07) is 22.7. The molecule has 0 bridgehead atoms. The van der Waals surface area contributed by atoms with Gasteiger partial charge in [0.05, 0.1) is 40.6 Å². The summed E-state index contributed by atoms with van der Waals surface area (Å²) < 4.78 is 5.53. The smallest absolute Gasteiger partial charge is 0.121 e. The Morgan fingerprint density at radius 2 is 1.76 bits per heavy atom. The molecule has 194 valence electrons. The van der Waals surface area contributed by atoms with Gasteiger partial charge in [-0.05, 0) is 61.4 Å². The Kier molecular flexibility index (Phi) is 8.63. The van der Waals surface area contributed by atoms with Gasteiger partial charge in [0.25, 0.3) is 0 Å². The van der Waals surface area contributed by atoms with Gasteiger partial charge < -0.3 is 19.8 Å². The monoisotopic (exact) mass is 539 g/mol. The molecule has 3 aromatic rings. The quantitative estimate of drug-likeness (QED) is 0.399. The molecule has 1 saturated heterocycles. The lowest BCUT2D eigenvalue weighted by atomic mass is 9.92. The van der Waals surface area contributed by atoms with Crippen molar-refractivity contribution in [3.8, 4) is 11.8 Å². The minimum atomic E-state index is -1.10. The van der Waals surface area contributed by atoms with Crippen molar-refractivity contribution >= 4 is 28.9 Å². The van der Waals surface area contributed by atoms with Crippen LogP contribution in [0.3, 0.4) is 0 Å². The molecule has 0 amide bonds. The van der Waals surface area contributed by atoms with E-state index in [1.165, 1.54) is 0 Å². The average molecular weight is 540 g/mol. The van der Waals surface area contributed by atoms with Gasteiger partial charge in [0, 0.05) is 36.8 Å². The number of nitrogens with zero attached hydrogens (tertiary/aromatic N) is 3. The summed E-state index contributed by atoms with van der Waals surface area (Å²) >= 11 is 12.9. The molecule has 8 heteroatoms. The van der Waals surface area contributed by atoms with Crippen LogP contribution >= 0.6 is 23.2 Å². The van der Waals surface area contributed by atoms with Crippen LogP contribution in [0.15, 0.2) is 66.7 Å². The number of aliphatic hydroxyl groups excluding tert-OH is 1. The number of rotatable bonds is 8. The molecular formula is C29H31Cl2N3O3. The summed E-state index contributed by atoms with van der Waals surface area (Å²) in [5.41, 5.74) is 2.22. The van der Waals surface area contributed by atoms with Crippen molar-refractivity contribution < 1.29 is 14.9 Å². The van der Waals surface area contributed by atoms with Crippen LogP contribution < -0.4 is 9.64 Å². The third-order valence-electron chi connectivity index (χ3n) is 6.86. The number of aliphatic hydroxyl groups is 2. The zero-order valence-electron chi connectivity index (χ0n) is 20.9. The second-order valence-corrected chi connectivity index (χ2v) is 10.5. The number of β-amino-alcohol motifs (C(OH)–C–C–N with tert-alkyl or cyclic N) is 1. The van der Waals surface area contributed by atoms with Gasteiger partial charge in [-0.25, -0.2) is 0 Å². The molecule has 0 spiro atoms. The van der Waals surface area contributed by atoms with Crippen LogP contribution in [-0.2, 0) is 5.60 Å². The Hall–Kier alpha value is -2.79. The fraction of sp³-hybridized carbons (Fsp3) is 0.345. The van der Waals surface area contributed by atoms with Crippen molar-refractivity contribution in [2.75, 3.05) is 37.7 Å². The van der Waals surface area contributed by atoms with Gasteiger partial charge in [-0.3, -0.25) is 4.90 Å². The lowest BCUT2D eigenvalue weighted by Crippen LogP contribution is -2.56. The van der Waals surface area contributed by atoms with E-state index in [1.54, 1.807) is 18.2 Å². The van der Waals surface area contributed by atoms with Crippen LogP contribution in [0.1, 0.15) is 36.6 Å². The molecule has 1 fully saturated rings. The van der Waals surface area contributed by atoms with Gasteiger partial charge in [-0.15, -0.1) is 0 Å². The Morgan fingerprint density at radius 3 is 2.38 bits per heavy atom. The highest BCUT2D eigenvalue weighted by Gasteiger charge is 2.37. The minimum absolute atomic E-state index is 0.0352. The summed E-state index contributed by atoms with van der Waals surface area (Å²) in [6.07, 6.45) is 0. The van der Waals surface area contributed by atoms with Gasteiger partial charge in [-0.1, -0.05) is 47.5 Å². The second-order valence-electron chi connectivity index (χ2n) is 9.65. The van der Waals surface area contributed by atoms with E-state index < -0.39 is 5.60 Å². The molecule has 0 radical (unpaired) electrons. The Morgan fingerprint density at radius 1 is 1.05 bits per heavy atom. The number of halogens is 2. The summed E-state index contributed by atoms with van der Waals surface area (Å²) in [5.74, 6) is 0.607. The number of hydrogen-bond acceptors (Lipinski definition) is 6. The van der Waals surface area contributed by atoms with Crippen molar-refractivity contribution in [1.82, 2.24) is 4.90 Å². The molecule has 1 aliphatic heterocycles. The van der Waals surface area contributed by atoms with Crippen molar-refractivity contribution in [2.45, 2.75) is 31.5 Å².